The summed E-state index contributed by atoms with van der Waals surface area (Å²) < 4.78 is 2.52. The van der Waals surface area contributed by atoms with E-state index in [1.54, 1.807) is 19.0 Å². The molecule has 1 amide bonds. The van der Waals surface area contributed by atoms with Gasteiger partial charge in [0, 0.05) is 14.1 Å². The van der Waals surface area contributed by atoms with Crippen LogP contribution in [0.2, 0.25) is 0 Å². The van der Waals surface area contributed by atoms with Crippen LogP contribution < -0.4 is 5.69 Å². The van der Waals surface area contributed by atoms with Gasteiger partial charge in [-0.15, -0.1) is 0 Å². The van der Waals surface area contributed by atoms with Crippen molar-refractivity contribution in [1.29, 1.82) is 0 Å². The number of nitrogens with zero attached hydrogens (tertiary/aromatic N) is 4. The zero-order valence-electron chi connectivity index (χ0n) is 14.0. The third-order valence-electron chi connectivity index (χ3n) is 4.42. The summed E-state index contributed by atoms with van der Waals surface area (Å²) in [6, 6.07) is 14.1. The topological polar surface area (TPSA) is 60.1 Å². The minimum absolute atomic E-state index is 0.0642. The molecule has 0 unspecified atom stereocenters. The third-order valence-corrected chi connectivity index (χ3v) is 4.42. The van der Waals surface area contributed by atoms with Crippen LogP contribution in [-0.2, 0) is 18.4 Å². The van der Waals surface area contributed by atoms with Crippen LogP contribution in [0.5, 0.6) is 0 Å². The number of fused-ring (bicyclic) bond motifs is 1. The maximum absolute atomic E-state index is 12.5. The average molecular weight is 324 g/mol. The molecule has 0 fully saturated rings. The Bertz CT molecular complexity index is 936. The monoisotopic (exact) mass is 324 g/mol. The molecule has 0 aliphatic rings. The van der Waals surface area contributed by atoms with E-state index >= 15 is 0 Å². The fourth-order valence-corrected chi connectivity index (χ4v) is 2.81. The molecule has 0 saturated carbocycles. The molecule has 0 spiro atoms. The first kappa shape index (κ1) is 16.0. The molecule has 0 saturated heterocycles. The molecular formula is C18H20N4O2. The highest BCUT2D eigenvalue weighted by molar-refractivity contribution is 5.86. The first-order valence-corrected chi connectivity index (χ1v) is 7.81. The SMILES string of the molecule is C[C@H](c1cccc2ccccc12)N(C)C(=O)Cn1ncn(C)c1=O. The number of amides is 1. The van der Waals surface area contributed by atoms with Crippen LogP contribution >= 0.6 is 0 Å². The van der Waals surface area contributed by atoms with Crippen LogP contribution in [0.15, 0.2) is 53.6 Å². The fourth-order valence-electron chi connectivity index (χ4n) is 2.81. The molecule has 1 atom stereocenters. The lowest BCUT2D eigenvalue weighted by molar-refractivity contribution is -0.132. The molecule has 6 nitrogen and oxygen atoms in total. The number of carbonyl (C=O) groups excluding carboxylic acids is 1. The number of benzene rings is 2. The molecule has 124 valence electrons. The van der Waals surface area contributed by atoms with Gasteiger partial charge in [-0.25, -0.2) is 9.48 Å². The molecule has 3 rings (SSSR count). The van der Waals surface area contributed by atoms with Crippen LogP contribution in [0.1, 0.15) is 18.5 Å². The molecule has 2 aromatic carbocycles. The van der Waals surface area contributed by atoms with E-state index in [4.69, 9.17) is 0 Å². The van der Waals surface area contributed by atoms with Crippen molar-refractivity contribution in [2.24, 2.45) is 7.05 Å². The van der Waals surface area contributed by atoms with Crippen molar-refractivity contribution in [3.63, 3.8) is 0 Å². The average Bonchev–Trinajstić information content (AvgIpc) is 2.92. The molecule has 0 radical (unpaired) electrons. The summed E-state index contributed by atoms with van der Waals surface area (Å²) in [5, 5.41) is 6.21. The molecule has 1 heterocycles. The van der Waals surface area contributed by atoms with Crippen LogP contribution in [0.3, 0.4) is 0 Å². The van der Waals surface area contributed by atoms with Gasteiger partial charge in [0.25, 0.3) is 0 Å². The molecule has 1 aromatic heterocycles. The second-order valence-electron chi connectivity index (χ2n) is 5.93. The van der Waals surface area contributed by atoms with Gasteiger partial charge < -0.3 is 4.90 Å². The zero-order valence-corrected chi connectivity index (χ0v) is 14.0. The largest absolute Gasteiger partial charge is 0.345 e. The molecule has 0 N–H and O–H groups in total. The van der Waals surface area contributed by atoms with Crippen molar-refractivity contribution >= 4 is 16.7 Å². The normalized spacial score (nSPS) is 12.3. The number of aromatic nitrogens is 3. The van der Waals surface area contributed by atoms with Gasteiger partial charge in [-0.2, -0.15) is 5.10 Å². The predicted octanol–water partition coefficient (Wildman–Crippen LogP) is 1.95. The Morgan fingerprint density at radius 2 is 1.92 bits per heavy atom. The second-order valence-corrected chi connectivity index (χ2v) is 5.93. The van der Waals surface area contributed by atoms with Crippen LogP contribution in [0, 0.1) is 0 Å². The quantitative estimate of drug-likeness (QED) is 0.737. The summed E-state index contributed by atoms with van der Waals surface area (Å²) in [5.74, 6) is -0.156. The Balaban J connectivity index is 1.85. The molecular weight excluding hydrogens is 304 g/mol. The van der Waals surface area contributed by atoms with Crippen molar-refractivity contribution in [1.82, 2.24) is 19.2 Å². The van der Waals surface area contributed by atoms with E-state index in [-0.39, 0.29) is 24.2 Å². The summed E-state index contributed by atoms with van der Waals surface area (Å²) in [5.41, 5.74) is 0.784. The Morgan fingerprint density at radius 3 is 2.62 bits per heavy atom. The highest BCUT2D eigenvalue weighted by Gasteiger charge is 2.20. The third kappa shape index (κ3) is 2.82. The van der Waals surface area contributed by atoms with E-state index in [9.17, 15) is 9.59 Å². The number of hydrogen-bond donors (Lipinski definition) is 0. The van der Waals surface area contributed by atoms with Gasteiger partial charge in [0.05, 0.1) is 6.04 Å². The van der Waals surface area contributed by atoms with Crippen molar-refractivity contribution in [3.8, 4) is 0 Å². The van der Waals surface area contributed by atoms with E-state index in [1.165, 1.54) is 15.6 Å². The fraction of sp³-hybridized carbons (Fsp3) is 0.278. The summed E-state index contributed by atoms with van der Waals surface area (Å²) >= 11 is 0. The minimum atomic E-state index is -0.297. The summed E-state index contributed by atoms with van der Waals surface area (Å²) in [6.07, 6.45) is 1.41. The number of rotatable bonds is 4. The summed E-state index contributed by atoms with van der Waals surface area (Å²) in [4.78, 5) is 26.0. The Labute approximate surface area is 139 Å². The van der Waals surface area contributed by atoms with Crippen LogP contribution in [-0.4, -0.2) is 32.2 Å². The highest BCUT2D eigenvalue weighted by atomic mass is 16.2. The van der Waals surface area contributed by atoms with Gasteiger partial charge in [-0.3, -0.25) is 9.36 Å². The summed E-state index contributed by atoms with van der Waals surface area (Å²) in [7, 11) is 3.36. The summed E-state index contributed by atoms with van der Waals surface area (Å²) in [6.45, 7) is 1.92. The van der Waals surface area contributed by atoms with Gasteiger partial charge in [-0.1, -0.05) is 42.5 Å². The van der Waals surface area contributed by atoms with E-state index < -0.39 is 0 Å². The lowest BCUT2D eigenvalue weighted by Crippen LogP contribution is -2.36. The lowest BCUT2D eigenvalue weighted by Gasteiger charge is -2.26. The molecule has 24 heavy (non-hydrogen) atoms. The Morgan fingerprint density at radius 1 is 1.21 bits per heavy atom. The second kappa shape index (κ2) is 6.31. The molecule has 3 aromatic rings. The van der Waals surface area contributed by atoms with E-state index in [2.05, 4.69) is 23.3 Å². The van der Waals surface area contributed by atoms with Gasteiger partial charge >= 0.3 is 5.69 Å². The number of carbonyl (C=O) groups is 1. The van der Waals surface area contributed by atoms with E-state index in [0.717, 1.165) is 16.3 Å². The predicted molar refractivity (Wildman–Crippen MR) is 92.6 cm³/mol. The van der Waals surface area contributed by atoms with Crippen molar-refractivity contribution in [2.45, 2.75) is 19.5 Å². The Kier molecular flexibility index (Phi) is 4.20. The minimum Gasteiger partial charge on any atom is -0.337 e. The van der Waals surface area contributed by atoms with Crippen molar-refractivity contribution in [2.75, 3.05) is 7.05 Å². The van der Waals surface area contributed by atoms with E-state index in [1.807, 2.05) is 31.2 Å². The maximum atomic E-state index is 12.5. The van der Waals surface area contributed by atoms with Crippen molar-refractivity contribution in [3.05, 3.63) is 64.8 Å². The van der Waals surface area contributed by atoms with Crippen molar-refractivity contribution < 1.29 is 4.79 Å². The van der Waals surface area contributed by atoms with E-state index in [0.29, 0.717) is 0 Å². The standard InChI is InChI=1S/C18H20N4O2/c1-13(15-10-6-8-14-7-4-5-9-16(14)15)21(3)17(23)11-22-18(24)20(2)12-19-22/h4-10,12-13H,11H2,1-3H3/t13-/m1/s1. The first-order valence-electron chi connectivity index (χ1n) is 7.81. The van der Waals surface area contributed by atoms with Gasteiger partial charge in [0.2, 0.25) is 5.91 Å². The first-order chi connectivity index (χ1) is 11.5. The highest BCUT2D eigenvalue weighted by Crippen LogP contribution is 2.27. The Hall–Kier alpha value is -2.89. The van der Waals surface area contributed by atoms with Gasteiger partial charge in [0.15, 0.2) is 0 Å². The molecule has 0 aliphatic heterocycles. The molecule has 0 bridgehead atoms. The molecule has 6 heteroatoms. The lowest BCUT2D eigenvalue weighted by atomic mass is 9.99. The number of likely N-dealkylation sites (N-methyl/N-ethyl adjacent to an activating group) is 1. The van der Waals surface area contributed by atoms with Crippen LogP contribution in [0.25, 0.3) is 10.8 Å². The molecule has 0 aliphatic carbocycles. The van der Waals surface area contributed by atoms with Gasteiger partial charge in [0.1, 0.15) is 12.9 Å². The zero-order chi connectivity index (χ0) is 17.3. The van der Waals surface area contributed by atoms with Gasteiger partial charge in [-0.05, 0) is 23.3 Å². The van der Waals surface area contributed by atoms with Crippen LogP contribution in [0.4, 0.5) is 0 Å². The smallest absolute Gasteiger partial charge is 0.337 e. The maximum Gasteiger partial charge on any atom is 0.345 e. The number of aryl methyl sites for hydroxylation is 1. The number of hydrogen-bond acceptors (Lipinski definition) is 3.